The van der Waals surface area contributed by atoms with Crippen molar-refractivity contribution < 1.29 is 26.8 Å². The minimum Gasteiger partial charge on any atom is -0.278 e. The van der Waals surface area contributed by atoms with E-state index in [1.165, 1.54) is 10.5 Å². The molecule has 1 aromatic rings. The molecule has 0 saturated carbocycles. The zero-order valence-corrected chi connectivity index (χ0v) is 16.3. The van der Waals surface area contributed by atoms with Crippen LogP contribution >= 0.6 is 0 Å². The van der Waals surface area contributed by atoms with Gasteiger partial charge in [0.1, 0.15) is 0 Å². The van der Waals surface area contributed by atoms with Crippen molar-refractivity contribution in [3.63, 3.8) is 0 Å². The van der Waals surface area contributed by atoms with Crippen LogP contribution in [0.25, 0.3) is 0 Å². The fourth-order valence-electron chi connectivity index (χ4n) is 2.22. The smallest absolute Gasteiger partial charge is 0.278 e. The average molecular weight is 389 g/mol. The standard InChI is InChI=1S/C15H19NO2.C3H6F2O2S/c1-3-12-5-7-13(8-6-12)10-16-14(17)9-4-11(2)15(16)18;1-3(4,5)8(2,6)7/h5-8,11H,3-4,9-10H2,1-2H3;1-2H3. The van der Waals surface area contributed by atoms with E-state index in [1.54, 1.807) is 0 Å². The molecule has 1 unspecified atom stereocenters. The molecule has 5 nitrogen and oxygen atoms in total. The van der Waals surface area contributed by atoms with E-state index in [0.717, 1.165) is 12.0 Å². The van der Waals surface area contributed by atoms with Crippen molar-refractivity contribution in [1.29, 1.82) is 0 Å². The zero-order valence-electron chi connectivity index (χ0n) is 15.5. The molecule has 26 heavy (non-hydrogen) atoms. The summed E-state index contributed by atoms with van der Waals surface area (Å²) in [4.78, 5) is 25.1. The molecule has 0 N–H and O–H groups in total. The summed E-state index contributed by atoms with van der Waals surface area (Å²) in [5, 5.41) is -3.59. The average Bonchev–Trinajstić information content (AvgIpc) is 2.54. The van der Waals surface area contributed by atoms with Crippen LogP contribution in [0.1, 0.15) is 44.7 Å². The Bertz CT molecular complexity index is 739. The van der Waals surface area contributed by atoms with Crippen LogP contribution in [0, 0.1) is 5.92 Å². The van der Waals surface area contributed by atoms with Crippen LogP contribution < -0.4 is 0 Å². The van der Waals surface area contributed by atoms with E-state index in [4.69, 9.17) is 0 Å². The SMILES string of the molecule is CC(F)(F)S(C)(=O)=O.CCc1ccc(CN2C(=O)CCC(C)C2=O)cc1. The zero-order chi connectivity index (χ0) is 20.1. The quantitative estimate of drug-likeness (QED) is 0.742. The molecule has 1 fully saturated rings. The van der Waals surface area contributed by atoms with E-state index in [0.29, 0.717) is 32.6 Å². The molecule has 0 bridgehead atoms. The number of rotatable bonds is 4. The molecule has 146 valence electrons. The minimum absolute atomic E-state index is 0.0300. The minimum atomic E-state index is -4.17. The van der Waals surface area contributed by atoms with Crippen molar-refractivity contribution in [1.82, 2.24) is 4.90 Å². The number of nitrogens with zero attached hydrogens (tertiary/aromatic N) is 1. The summed E-state index contributed by atoms with van der Waals surface area (Å²) in [6.45, 7) is 4.75. The van der Waals surface area contributed by atoms with Crippen LogP contribution in [0.3, 0.4) is 0 Å². The molecule has 1 aromatic carbocycles. The number of benzene rings is 1. The van der Waals surface area contributed by atoms with E-state index >= 15 is 0 Å². The second-order valence-corrected chi connectivity index (χ2v) is 8.77. The number of alkyl halides is 2. The van der Waals surface area contributed by atoms with Crippen LogP contribution in [0.4, 0.5) is 8.78 Å². The molecular weight excluding hydrogens is 364 g/mol. The fourth-order valence-corrected chi connectivity index (χ4v) is 2.22. The Hall–Kier alpha value is -1.83. The van der Waals surface area contributed by atoms with Gasteiger partial charge in [-0.2, -0.15) is 8.78 Å². The van der Waals surface area contributed by atoms with Crippen LogP contribution in [0.2, 0.25) is 0 Å². The monoisotopic (exact) mass is 389 g/mol. The lowest BCUT2D eigenvalue weighted by atomic mass is 9.98. The molecule has 1 aliphatic rings. The van der Waals surface area contributed by atoms with Gasteiger partial charge in [-0.15, -0.1) is 0 Å². The topological polar surface area (TPSA) is 71.5 Å². The lowest BCUT2D eigenvalue weighted by Crippen LogP contribution is -2.43. The van der Waals surface area contributed by atoms with E-state index in [9.17, 15) is 26.8 Å². The van der Waals surface area contributed by atoms with Crippen molar-refractivity contribution in [2.45, 2.75) is 51.8 Å². The molecule has 2 rings (SSSR count). The highest BCUT2D eigenvalue weighted by atomic mass is 32.2. The number of carbonyl (C=O) groups is 2. The normalized spacial score (nSPS) is 18.4. The number of carbonyl (C=O) groups excluding carboxylic acids is 2. The maximum absolute atomic E-state index is 12.0. The first-order valence-corrected chi connectivity index (χ1v) is 10.3. The number of aryl methyl sites for hydroxylation is 1. The number of hydrogen-bond donors (Lipinski definition) is 0. The summed E-state index contributed by atoms with van der Waals surface area (Å²) in [6, 6.07) is 8.10. The summed E-state index contributed by atoms with van der Waals surface area (Å²) in [7, 11) is -4.17. The van der Waals surface area contributed by atoms with E-state index < -0.39 is 15.1 Å². The van der Waals surface area contributed by atoms with Gasteiger partial charge in [0.05, 0.1) is 6.54 Å². The number of likely N-dealkylation sites (tertiary alicyclic amines) is 1. The van der Waals surface area contributed by atoms with Gasteiger partial charge in [0.2, 0.25) is 21.7 Å². The lowest BCUT2D eigenvalue weighted by molar-refractivity contribution is -0.152. The maximum atomic E-state index is 12.0. The molecule has 1 heterocycles. The Labute approximate surface area is 153 Å². The molecule has 1 atom stereocenters. The number of sulfone groups is 1. The molecule has 0 radical (unpaired) electrons. The summed E-state index contributed by atoms with van der Waals surface area (Å²) in [6.07, 6.45) is 2.66. The lowest BCUT2D eigenvalue weighted by Gasteiger charge is -2.28. The van der Waals surface area contributed by atoms with Gasteiger partial charge in [0, 0.05) is 25.5 Å². The van der Waals surface area contributed by atoms with Gasteiger partial charge < -0.3 is 0 Å². The van der Waals surface area contributed by atoms with Gasteiger partial charge in [-0.3, -0.25) is 14.5 Å². The third kappa shape index (κ3) is 6.16. The summed E-state index contributed by atoms with van der Waals surface area (Å²) in [5.74, 6) is -0.110. The summed E-state index contributed by atoms with van der Waals surface area (Å²) in [5.41, 5.74) is 2.28. The number of imide groups is 1. The Morgan fingerprint density at radius 2 is 1.62 bits per heavy atom. The van der Waals surface area contributed by atoms with Gasteiger partial charge in [0.15, 0.2) is 0 Å². The van der Waals surface area contributed by atoms with E-state index in [-0.39, 0.29) is 17.7 Å². The third-order valence-corrected chi connectivity index (χ3v) is 5.51. The highest BCUT2D eigenvalue weighted by molar-refractivity contribution is 7.91. The first-order chi connectivity index (χ1) is 11.9. The second kappa shape index (κ2) is 8.70. The highest BCUT2D eigenvalue weighted by Gasteiger charge is 2.34. The Kier molecular flexibility index (Phi) is 7.44. The molecule has 2 amide bonds. The Morgan fingerprint density at radius 1 is 1.15 bits per heavy atom. The van der Waals surface area contributed by atoms with Crippen molar-refractivity contribution in [3.05, 3.63) is 35.4 Å². The van der Waals surface area contributed by atoms with E-state index in [2.05, 4.69) is 19.1 Å². The van der Waals surface area contributed by atoms with Crippen LogP contribution in [0.5, 0.6) is 0 Å². The largest absolute Gasteiger partial charge is 0.342 e. The number of hydrogen-bond acceptors (Lipinski definition) is 4. The molecule has 0 spiro atoms. The molecule has 1 aliphatic heterocycles. The van der Waals surface area contributed by atoms with Crippen molar-refractivity contribution in [3.8, 4) is 0 Å². The third-order valence-electron chi connectivity index (χ3n) is 4.20. The highest BCUT2D eigenvalue weighted by Crippen LogP contribution is 2.21. The van der Waals surface area contributed by atoms with Gasteiger partial charge in [-0.1, -0.05) is 38.1 Å². The van der Waals surface area contributed by atoms with Crippen molar-refractivity contribution in [2.75, 3.05) is 6.26 Å². The Morgan fingerprint density at radius 3 is 2.04 bits per heavy atom. The number of piperidine rings is 1. The first-order valence-electron chi connectivity index (χ1n) is 8.36. The fraction of sp³-hybridized carbons (Fsp3) is 0.556. The molecule has 0 aliphatic carbocycles. The second-order valence-electron chi connectivity index (χ2n) is 6.51. The summed E-state index contributed by atoms with van der Waals surface area (Å²) >= 11 is 0. The van der Waals surface area contributed by atoms with Crippen LogP contribution in [-0.2, 0) is 32.4 Å². The van der Waals surface area contributed by atoms with Crippen LogP contribution in [0.15, 0.2) is 24.3 Å². The van der Waals surface area contributed by atoms with Gasteiger partial charge in [0.25, 0.3) is 0 Å². The number of amides is 2. The van der Waals surface area contributed by atoms with Crippen molar-refractivity contribution >= 4 is 21.7 Å². The predicted octanol–water partition coefficient (Wildman–Crippen LogP) is 3.18. The Balaban J connectivity index is 0.000000359. The summed E-state index contributed by atoms with van der Waals surface area (Å²) < 4.78 is 43.1. The predicted molar refractivity (Wildman–Crippen MR) is 95.2 cm³/mol. The first kappa shape index (κ1) is 22.2. The molecular formula is C18H25F2NO4S. The molecule has 0 aromatic heterocycles. The molecule has 1 saturated heterocycles. The van der Waals surface area contributed by atoms with Gasteiger partial charge in [-0.25, -0.2) is 8.42 Å². The maximum Gasteiger partial charge on any atom is 0.342 e. The van der Waals surface area contributed by atoms with Gasteiger partial charge in [-0.05, 0) is 24.0 Å². The van der Waals surface area contributed by atoms with Gasteiger partial charge >= 0.3 is 5.25 Å². The van der Waals surface area contributed by atoms with Crippen LogP contribution in [-0.4, -0.2) is 36.6 Å². The number of halogens is 2. The molecule has 8 heteroatoms. The van der Waals surface area contributed by atoms with Crippen molar-refractivity contribution in [2.24, 2.45) is 5.92 Å². The van der Waals surface area contributed by atoms with E-state index in [1.807, 2.05) is 19.1 Å².